The standard InChI is InChI=1S/C12H16O2/c1-10-7-12(13-8-10)9-14-11-5-3-2-4-6-11/h2-6,10,12H,7-9H2,1H3/t10-,12+/m0/s1. The van der Waals surface area contributed by atoms with Crippen LogP contribution in [0.25, 0.3) is 0 Å². The monoisotopic (exact) mass is 192 g/mol. The molecule has 1 saturated heterocycles. The molecule has 1 aromatic carbocycles. The molecule has 0 aromatic heterocycles. The van der Waals surface area contributed by atoms with E-state index in [1.807, 2.05) is 30.3 Å². The lowest BCUT2D eigenvalue weighted by Gasteiger charge is -2.10. The molecule has 1 aromatic rings. The van der Waals surface area contributed by atoms with Crippen molar-refractivity contribution in [1.82, 2.24) is 0 Å². The van der Waals surface area contributed by atoms with Gasteiger partial charge >= 0.3 is 0 Å². The number of hydrogen-bond acceptors (Lipinski definition) is 2. The van der Waals surface area contributed by atoms with Gasteiger partial charge in [-0.3, -0.25) is 0 Å². The molecule has 0 aliphatic carbocycles. The van der Waals surface area contributed by atoms with Gasteiger partial charge in [0, 0.05) is 6.61 Å². The van der Waals surface area contributed by atoms with Gasteiger partial charge in [-0.2, -0.15) is 0 Å². The van der Waals surface area contributed by atoms with Crippen LogP contribution in [0.15, 0.2) is 30.3 Å². The molecule has 2 atom stereocenters. The molecule has 2 nitrogen and oxygen atoms in total. The Morgan fingerprint density at radius 2 is 2.14 bits per heavy atom. The second-order valence-electron chi connectivity index (χ2n) is 3.92. The van der Waals surface area contributed by atoms with Crippen LogP contribution in [0.1, 0.15) is 13.3 Å². The normalized spacial score (nSPS) is 26.4. The summed E-state index contributed by atoms with van der Waals surface area (Å²) in [5, 5.41) is 0. The number of ether oxygens (including phenoxy) is 2. The van der Waals surface area contributed by atoms with Crippen LogP contribution in [0.5, 0.6) is 5.75 Å². The number of hydrogen-bond donors (Lipinski definition) is 0. The van der Waals surface area contributed by atoms with E-state index in [9.17, 15) is 0 Å². The number of benzene rings is 1. The van der Waals surface area contributed by atoms with Crippen molar-refractivity contribution in [2.75, 3.05) is 13.2 Å². The van der Waals surface area contributed by atoms with Gasteiger partial charge in [0.1, 0.15) is 12.4 Å². The van der Waals surface area contributed by atoms with Crippen LogP contribution < -0.4 is 4.74 Å². The van der Waals surface area contributed by atoms with Crippen molar-refractivity contribution in [3.63, 3.8) is 0 Å². The van der Waals surface area contributed by atoms with Crippen LogP contribution in [0.2, 0.25) is 0 Å². The van der Waals surface area contributed by atoms with Gasteiger partial charge < -0.3 is 9.47 Å². The summed E-state index contributed by atoms with van der Waals surface area (Å²) >= 11 is 0. The molecule has 1 aliphatic heterocycles. The third-order valence-electron chi connectivity index (χ3n) is 2.46. The zero-order chi connectivity index (χ0) is 9.80. The molecule has 0 amide bonds. The van der Waals surface area contributed by atoms with Crippen LogP contribution in [-0.4, -0.2) is 19.3 Å². The maximum atomic E-state index is 5.61. The highest BCUT2D eigenvalue weighted by Crippen LogP contribution is 2.19. The summed E-state index contributed by atoms with van der Waals surface area (Å²) < 4.78 is 11.2. The Morgan fingerprint density at radius 3 is 2.79 bits per heavy atom. The van der Waals surface area contributed by atoms with E-state index in [0.717, 1.165) is 18.8 Å². The minimum absolute atomic E-state index is 0.283. The van der Waals surface area contributed by atoms with Crippen LogP contribution >= 0.6 is 0 Å². The molecular formula is C12H16O2. The van der Waals surface area contributed by atoms with Crippen molar-refractivity contribution >= 4 is 0 Å². The van der Waals surface area contributed by atoms with Crippen molar-refractivity contribution in [2.45, 2.75) is 19.4 Å². The molecule has 1 fully saturated rings. The van der Waals surface area contributed by atoms with E-state index in [-0.39, 0.29) is 6.10 Å². The molecule has 2 rings (SSSR count). The van der Waals surface area contributed by atoms with E-state index in [2.05, 4.69) is 6.92 Å². The maximum absolute atomic E-state index is 5.61. The van der Waals surface area contributed by atoms with Crippen molar-refractivity contribution in [1.29, 1.82) is 0 Å². The lowest BCUT2D eigenvalue weighted by atomic mass is 10.1. The minimum Gasteiger partial charge on any atom is -0.491 e. The first-order chi connectivity index (χ1) is 6.84. The third-order valence-corrected chi connectivity index (χ3v) is 2.46. The van der Waals surface area contributed by atoms with E-state index in [1.165, 1.54) is 0 Å². The summed E-state index contributed by atoms with van der Waals surface area (Å²) in [7, 11) is 0. The third kappa shape index (κ3) is 2.48. The Labute approximate surface area is 84.8 Å². The fraction of sp³-hybridized carbons (Fsp3) is 0.500. The van der Waals surface area contributed by atoms with Crippen molar-refractivity contribution in [3.8, 4) is 5.75 Å². The number of rotatable bonds is 3. The Hall–Kier alpha value is -1.02. The topological polar surface area (TPSA) is 18.5 Å². The predicted octanol–water partition coefficient (Wildman–Crippen LogP) is 2.49. The molecule has 2 heteroatoms. The highest BCUT2D eigenvalue weighted by Gasteiger charge is 2.22. The zero-order valence-electron chi connectivity index (χ0n) is 8.48. The van der Waals surface area contributed by atoms with E-state index in [0.29, 0.717) is 12.5 Å². The molecule has 76 valence electrons. The average Bonchev–Trinajstić information content (AvgIpc) is 2.63. The van der Waals surface area contributed by atoms with E-state index in [4.69, 9.17) is 9.47 Å². The first-order valence-electron chi connectivity index (χ1n) is 5.14. The van der Waals surface area contributed by atoms with Gasteiger partial charge in [0.25, 0.3) is 0 Å². The summed E-state index contributed by atoms with van der Waals surface area (Å²) in [4.78, 5) is 0. The highest BCUT2D eigenvalue weighted by atomic mass is 16.5. The van der Waals surface area contributed by atoms with Gasteiger partial charge in [0.05, 0.1) is 6.10 Å². The molecule has 14 heavy (non-hydrogen) atoms. The second kappa shape index (κ2) is 4.47. The summed E-state index contributed by atoms with van der Waals surface area (Å²) in [5.74, 6) is 1.61. The smallest absolute Gasteiger partial charge is 0.119 e. The molecule has 0 saturated carbocycles. The van der Waals surface area contributed by atoms with Crippen LogP contribution in [-0.2, 0) is 4.74 Å². The lowest BCUT2D eigenvalue weighted by Crippen LogP contribution is -2.16. The molecule has 1 heterocycles. The first-order valence-corrected chi connectivity index (χ1v) is 5.14. The van der Waals surface area contributed by atoms with Crippen LogP contribution in [0.4, 0.5) is 0 Å². The zero-order valence-corrected chi connectivity index (χ0v) is 8.48. The molecule has 1 aliphatic rings. The first kappa shape index (κ1) is 9.53. The second-order valence-corrected chi connectivity index (χ2v) is 3.92. The quantitative estimate of drug-likeness (QED) is 0.732. The van der Waals surface area contributed by atoms with Gasteiger partial charge in [-0.15, -0.1) is 0 Å². The van der Waals surface area contributed by atoms with Crippen LogP contribution in [0, 0.1) is 5.92 Å². The van der Waals surface area contributed by atoms with Gasteiger partial charge in [-0.1, -0.05) is 25.1 Å². The molecule has 0 spiro atoms. The fourth-order valence-corrected chi connectivity index (χ4v) is 1.71. The summed E-state index contributed by atoms with van der Waals surface area (Å²) in [6.45, 7) is 3.76. The van der Waals surface area contributed by atoms with Crippen molar-refractivity contribution in [2.24, 2.45) is 5.92 Å². The minimum atomic E-state index is 0.283. The summed E-state index contributed by atoms with van der Waals surface area (Å²) in [5.41, 5.74) is 0. The van der Waals surface area contributed by atoms with Gasteiger partial charge in [0.15, 0.2) is 0 Å². The molecule has 0 N–H and O–H groups in total. The SMILES string of the molecule is C[C@@H]1CO[C@@H](COc2ccccc2)C1. The Morgan fingerprint density at radius 1 is 1.36 bits per heavy atom. The van der Waals surface area contributed by atoms with Gasteiger partial charge in [-0.25, -0.2) is 0 Å². The van der Waals surface area contributed by atoms with E-state index in [1.54, 1.807) is 0 Å². The molecule has 0 unspecified atom stereocenters. The largest absolute Gasteiger partial charge is 0.491 e. The molecule has 0 radical (unpaired) electrons. The van der Waals surface area contributed by atoms with Gasteiger partial charge in [0.2, 0.25) is 0 Å². The van der Waals surface area contributed by atoms with E-state index >= 15 is 0 Å². The lowest BCUT2D eigenvalue weighted by molar-refractivity contribution is 0.0662. The fourth-order valence-electron chi connectivity index (χ4n) is 1.71. The maximum Gasteiger partial charge on any atom is 0.119 e. The van der Waals surface area contributed by atoms with Crippen molar-refractivity contribution in [3.05, 3.63) is 30.3 Å². The van der Waals surface area contributed by atoms with E-state index < -0.39 is 0 Å². The van der Waals surface area contributed by atoms with Gasteiger partial charge in [-0.05, 0) is 24.5 Å². The summed E-state index contributed by atoms with van der Waals surface area (Å²) in [6.07, 6.45) is 1.40. The average molecular weight is 192 g/mol. The Kier molecular flexibility index (Phi) is 3.04. The molecular weight excluding hydrogens is 176 g/mol. The Bertz CT molecular complexity index is 271. The van der Waals surface area contributed by atoms with Crippen LogP contribution in [0.3, 0.4) is 0 Å². The number of para-hydroxylation sites is 1. The summed E-state index contributed by atoms with van der Waals surface area (Å²) in [6, 6.07) is 9.89. The highest BCUT2D eigenvalue weighted by molar-refractivity contribution is 5.20. The predicted molar refractivity (Wildman–Crippen MR) is 55.5 cm³/mol. The molecule has 0 bridgehead atoms. The van der Waals surface area contributed by atoms with Crippen molar-refractivity contribution < 1.29 is 9.47 Å². The Balaban J connectivity index is 1.78.